The fourth-order valence-electron chi connectivity index (χ4n) is 1.99. The zero-order valence-electron chi connectivity index (χ0n) is 8.92. The Labute approximate surface area is 97.3 Å². The molecule has 0 aliphatic carbocycles. The van der Waals surface area contributed by atoms with E-state index in [2.05, 4.69) is 4.98 Å². The van der Waals surface area contributed by atoms with Gasteiger partial charge >= 0.3 is 5.97 Å². The predicted molar refractivity (Wildman–Crippen MR) is 66.2 cm³/mol. The summed E-state index contributed by atoms with van der Waals surface area (Å²) in [4.78, 5) is 15.3. The van der Waals surface area contributed by atoms with Crippen LogP contribution < -0.4 is 0 Å². The van der Waals surface area contributed by atoms with E-state index in [4.69, 9.17) is 5.11 Å². The van der Waals surface area contributed by atoms with Crippen molar-refractivity contribution in [1.29, 1.82) is 0 Å². The molecule has 0 unspecified atom stereocenters. The van der Waals surface area contributed by atoms with Crippen molar-refractivity contribution in [1.82, 2.24) is 4.98 Å². The van der Waals surface area contributed by atoms with Crippen LogP contribution in [0.15, 0.2) is 48.7 Å². The van der Waals surface area contributed by atoms with Gasteiger partial charge in [-0.2, -0.15) is 0 Å². The maximum Gasteiger partial charge on any atom is 0.335 e. The summed E-state index contributed by atoms with van der Waals surface area (Å²) in [5.41, 5.74) is 1.18. The summed E-state index contributed by atoms with van der Waals surface area (Å²) in [5.74, 6) is -0.909. The van der Waals surface area contributed by atoms with Crippen LogP contribution in [0.2, 0.25) is 0 Å². The number of hydrogen-bond acceptors (Lipinski definition) is 2. The van der Waals surface area contributed by atoms with Gasteiger partial charge in [0.25, 0.3) is 0 Å². The molecule has 1 heterocycles. The Kier molecular flexibility index (Phi) is 2.05. The molecule has 0 amide bonds. The van der Waals surface area contributed by atoms with Crippen molar-refractivity contribution in [3.8, 4) is 0 Å². The number of carboxylic acids is 1. The van der Waals surface area contributed by atoms with Crippen molar-refractivity contribution >= 4 is 27.6 Å². The number of carbonyl (C=O) groups is 1. The lowest BCUT2D eigenvalue weighted by atomic mass is 10.0. The number of benzene rings is 2. The van der Waals surface area contributed by atoms with Crippen LogP contribution in [-0.2, 0) is 0 Å². The van der Waals surface area contributed by atoms with Crippen LogP contribution in [0.25, 0.3) is 21.7 Å². The molecular weight excluding hydrogens is 214 g/mol. The number of fused-ring (bicyclic) bond motifs is 3. The summed E-state index contributed by atoms with van der Waals surface area (Å²) in [6.45, 7) is 0. The van der Waals surface area contributed by atoms with E-state index < -0.39 is 5.97 Å². The third-order valence-electron chi connectivity index (χ3n) is 2.84. The van der Waals surface area contributed by atoms with Crippen LogP contribution in [0.4, 0.5) is 0 Å². The zero-order valence-corrected chi connectivity index (χ0v) is 8.92. The van der Waals surface area contributed by atoms with Gasteiger partial charge in [0.05, 0.1) is 11.1 Å². The monoisotopic (exact) mass is 223 g/mol. The molecule has 0 bridgehead atoms. The molecule has 0 saturated heterocycles. The number of aromatic carboxylic acids is 1. The van der Waals surface area contributed by atoms with E-state index in [0.717, 1.165) is 21.7 Å². The van der Waals surface area contributed by atoms with Crippen LogP contribution in [0.3, 0.4) is 0 Å². The predicted octanol–water partition coefficient (Wildman–Crippen LogP) is 3.09. The number of hydrogen-bond donors (Lipinski definition) is 1. The molecule has 17 heavy (non-hydrogen) atoms. The molecule has 3 heteroatoms. The Hall–Kier alpha value is -2.42. The molecule has 2 aromatic carbocycles. The highest BCUT2D eigenvalue weighted by Crippen LogP contribution is 2.24. The first-order valence-corrected chi connectivity index (χ1v) is 5.26. The van der Waals surface area contributed by atoms with E-state index in [-0.39, 0.29) is 0 Å². The molecule has 3 aromatic rings. The molecule has 3 rings (SSSR count). The Balaban J connectivity index is 2.46. The topological polar surface area (TPSA) is 50.2 Å². The maximum atomic E-state index is 11.0. The van der Waals surface area contributed by atoms with Gasteiger partial charge in [-0.1, -0.05) is 24.3 Å². The second-order valence-corrected chi connectivity index (χ2v) is 3.88. The second-order valence-electron chi connectivity index (χ2n) is 3.88. The lowest BCUT2D eigenvalue weighted by Crippen LogP contribution is -1.95. The van der Waals surface area contributed by atoms with E-state index in [1.807, 2.05) is 24.3 Å². The summed E-state index contributed by atoms with van der Waals surface area (Å²) >= 11 is 0. The van der Waals surface area contributed by atoms with Gasteiger partial charge in [-0.25, -0.2) is 4.79 Å². The van der Waals surface area contributed by atoms with E-state index in [1.54, 1.807) is 24.4 Å². The summed E-state index contributed by atoms with van der Waals surface area (Å²) in [6.07, 6.45) is 1.77. The molecule has 3 nitrogen and oxygen atoms in total. The maximum absolute atomic E-state index is 11.0. The fraction of sp³-hybridized carbons (Fsp3) is 0. The third-order valence-corrected chi connectivity index (χ3v) is 2.84. The van der Waals surface area contributed by atoms with E-state index >= 15 is 0 Å². The van der Waals surface area contributed by atoms with Crippen LogP contribution in [-0.4, -0.2) is 16.1 Å². The highest BCUT2D eigenvalue weighted by Gasteiger charge is 2.06. The Morgan fingerprint density at radius 2 is 1.88 bits per heavy atom. The molecule has 0 radical (unpaired) electrons. The van der Waals surface area contributed by atoms with Crippen LogP contribution in [0.5, 0.6) is 0 Å². The van der Waals surface area contributed by atoms with Gasteiger partial charge in [0.1, 0.15) is 0 Å². The number of aromatic nitrogens is 1. The highest BCUT2D eigenvalue weighted by molar-refractivity contribution is 6.07. The van der Waals surface area contributed by atoms with E-state index in [1.165, 1.54) is 0 Å². The fourth-order valence-corrected chi connectivity index (χ4v) is 1.99. The number of carboxylic acid groups (broad SMARTS) is 1. The summed E-state index contributed by atoms with van der Waals surface area (Å²) in [5, 5.41) is 11.9. The highest BCUT2D eigenvalue weighted by atomic mass is 16.4. The van der Waals surface area contributed by atoms with E-state index in [9.17, 15) is 4.79 Å². The average Bonchev–Trinajstić information content (AvgIpc) is 2.38. The van der Waals surface area contributed by atoms with Gasteiger partial charge in [-0.05, 0) is 23.6 Å². The standard InChI is InChI=1S/C14H9NO2/c16-14(17)9-5-6-10-8-15-13-4-2-1-3-11(13)12(10)7-9/h1-8H,(H,16,17). The third kappa shape index (κ3) is 1.52. The Bertz CT molecular complexity index is 734. The first-order valence-electron chi connectivity index (χ1n) is 5.26. The van der Waals surface area contributed by atoms with Crippen molar-refractivity contribution in [2.45, 2.75) is 0 Å². The van der Waals surface area contributed by atoms with Gasteiger partial charge in [-0.15, -0.1) is 0 Å². The molecule has 0 fully saturated rings. The molecule has 0 atom stereocenters. The normalized spacial score (nSPS) is 10.8. The molecule has 0 saturated carbocycles. The lowest BCUT2D eigenvalue weighted by Gasteiger charge is -2.03. The largest absolute Gasteiger partial charge is 0.478 e. The quantitative estimate of drug-likeness (QED) is 0.645. The first-order chi connectivity index (χ1) is 8.25. The summed E-state index contributed by atoms with van der Waals surface area (Å²) in [6, 6.07) is 12.8. The lowest BCUT2D eigenvalue weighted by molar-refractivity contribution is 0.0697. The smallest absolute Gasteiger partial charge is 0.335 e. The van der Waals surface area contributed by atoms with Crippen molar-refractivity contribution < 1.29 is 9.90 Å². The van der Waals surface area contributed by atoms with Gasteiger partial charge in [0.2, 0.25) is 0 Å². The van der Waals surface area contributed by atoms with Crippen LogP contribution in [0.1, 0.15) is 10.4 Å². The zero-order chi connectivity index (χ0) is 11.8. The van der Waals surface area contributed by atoms with Crippen molar-refractivity contribution in [2.75, 3.05) is 0 Å². The minimum atomic E-state index is -0.909. The van der Waals surface area contributed by atoms with E-state index in [0.29, 0.717) is 5.56 Å². The average molecular weight is 223 g/mol. The van der Waals surface area contributed by atoms with Gasteiger partial charge < -0.3 is 5.11 Å². The number of pyridine rings is 1. The number of para-hydroxylation sites is 1. The molecule has 0 aliphatic heterocycles. The van der Waals surface area contributed by atoms with Gasteiger partial charge in [-0.3, -0.25) is 4.98 Å². The summed E-state index contributed by atoms with van der Waals surface area (Å²) in [7, 11) is 0. The second kappa shape index (κ2) is 3.56. The minimum Gasteiger partial charge on any atom is -0.478 e. The Morgan fingerprint density at radius 1 is 1.06 bits per heavy atom. The van der Waals surface area contributed by atoms with Crippen molar-refractivity contribution in [3.05, 3.63) is 54.2 Å². The van der Waals surface area contributed by atoms with Crippen molar-refractivity contribution in [3.63, 3.8) is 0 Å². The molecular formula is C14H9NO2. The molecule has 0 aliphatic rings. The molecule has 0 spiro atoms. The van der Waals surface area contributed by atoms with Crippen molar-refractivity contribution in [2.24, 2.45) is 0 Å². The molecule has 1 aromatic heterocycles. The SMILES string of the molecule is O=C(O)c1ccc2cnc3ccccc3c2c1. The van der Waals surface area contributed by atoms with Crippen LogP contribution in [0, 0.1) is 0 Å². The summed E-state index contributed by atoms with van der Waals surface area (Å²) < 4.78 is 0. The number of nitrogens with zero attached hydrogens (tertiary/aromatic N) is 1. The van der Waals surface area contributed by atoms with Gasteiger partial charge in [0.15, 0.2) is 0 Å². The Morgan fingerprint density at radius 3 is 2.71 bits per heavy atom. The number of rotatable bonds is 1. The molecule has 82 valence electrons. The minimum absolute atomic E-state index is 0.300. The van der Waals surface area contributed by atoms with Gasteiger partial charge in [0, 0.05) is 17.0 Å². The molecule has 1 N–H and O–H groups in total. The van der Waals surface area contributed by atoms with Crippen LogP contribution >= 0.6 is 0 Å². The first kappa shape index (κ1) is 9.78.